The fourth-order valence-corrected chi connectivity index (χ4v) is 4.03. The minimum Gasteiger partial charge on any atom is -0.312 e. The highest BCUT2D eigenvalue weighted by molar-refractivity contribution is 4.95. The van der Waals surface area contributed by atoms with Crippen LogP contribution < -0.4 is 5.32 Å². The molecule has 0 aromatic rings. The maximum atomic E-state index is 3.79. The van der Waals surface area contributed by atoms with Crippen molar-refractivity contribution in [2.24, 2.45) is 23.7 Å². The Morgan fingerprint density at radius 2 is 1.72 bits per heavy atom. The molecular weight excluding hydrogens is 220 g/mol. The molecule has 0 aromatic heterocycles. The molecule has 1 aliphatic heterocycles. The smallest absolute Gasteiger partial charge is 0.0223 e. The van der Waals surface area contributed by atoms with Crippen LogP contribution in [-0.2, 0) is 0 Å². The minimum atomic E-state index is 0.826. The van der Waals surface area contributed by atoms with Gasteiger partial charge in [-0.15, -0.1) is 0 Å². The van der Waals surface area contributed by atoms with E-state index in [1.807, 2.05) is 0 Å². The Morgan fingerprint density at radius 1 is 1.00 bits per heavy atom. The quantitative estimate of drug-likeness (QED) is 0.804. The lowest BCUT2D eigenvalue weighted by atomic mass is 9.97. The van der Waals surface area contributed by atoms with E-state index in [1.165, 1.54) is 45.4 Å². The standard InChI is InChI=1S/C16H28N2/c1-8-17-16(14-6-7-14)11-18(9-1)10-15(12-2-3-12)13-4-5-13/h12-17H,1-11H2. The minimum absolute atomic E-state index is 0.826. The average molecular weight is 248 g/mol. The molecule has 0 bridgehead atoms. The molecular formula is C16H28N2. The van der Waals surface area contributed by atoms with Gasteiger partial charge in [0.1, 0.15) is 0 Å². The Balaban J connectivity index is 1.36. The fourth-order valence-electron chi connectivity index (χ4n) is 4.03. The summed E-state index contributed by atoms with van der Waals surface area (Å²) in [5.41, 5.74) is 0. The topological polar surface area (TPSA) is 15.3 Å². The maximum Gasteiger partial charge on any atom is 0.0223 e. The molecule has 1 N–H and O–H groups in total. The van der Waals surface area contributed by atoms with Gasteiger partial charge >= 0.3 is 0 Å². The van der Waals surface area contributed by atoms with Gasteiger partial charge in [0, 0.05) is 19.1 Å². The molecule has 4 aliphatic rings. The van der Waals surface area contributed by atoms with Crippen LogP contribution in [0.2, 0.25) is 0 Å². The van der Waals surface area contributed by atoms with Gasteiger partial charge in [-0.1, -0.05) is 0 Å². The van der Waals surface area contributed by atoms with Crippen LogP contribution in [0.3, 0.4) is 0 Å². The van der Waals surface area contributed by atoms with Gasteiger partial charge in [-0.05, 0) is 81.7 Å². The second-order valence-electron chi connectivity index (χ2n) is 7.35. The lowest BCUT2D eigenvalue weighted by molar-refractivity contribution is 0.195. The molecule has 2 nitrogen and oxygen atoms in total. The van der Waals surface area contributed by atoms with Crippen LogP contribution in [0.25, 0.3) is 0 Å². The van der Waals surface area contributed by atoms with Gasteiger partial charge < -0.3 is 10.2 Å². The summed E-state index contributed by atoms with van der Waals surface area (Å²) in [7, 11) is 0. The highest BCUT2D eigenvalue weighted by Crippen LogP contribution is 2.49. The summed E-state index contributed by atoms with van der Waals surface area (Å²) in [4.78, 5) is 2.82. The number of nitrogens with one attached hydrogen (secondary N) is 1. The summed E-state index contributed by atoms with van der Waals surface area (Å²) in [6.45, 7) is 5.39. The van der Waals surface area contributed by atoms with Crippen molar-refractivity contribution < 1.29 is 0 Å². The first kappa shape index (κ1) is 11.7. The molecule has 4 fully saturated rings. The third-order valence-electron chi connectivity index (χ3n) is 5.63. The highest BCUT2D eigenvalue weighted by atomic mass is 15.2. The second kappa shape index (κ2) is 4.79. The van der Waals surface area contributed by atoms with Crippen molar-refractivity contribution >= 4 is 0 Å². The van der Waals surface area contributed by atoms with E-state index in [4.69, 9.17) is 0 Å². The number of nitrogens with zero attached hydrogens (tertiary/aromatic N) is 1. The summed E-state index contributed by atoms with van der Waals surface area (Å²) < 4.78 is 0. The van der Waals surface area contributed by atoms with Gasteiger partial charge in [0.2, 0.25) is 0 Å². The van der Waals surface area contributed by atoms with Gasteiger partial charge in [-0.3, -0.25) is 0 Å². The number of hydrogen-bond acceptors (Lipinski definition) is 2. The van der Waals surface area contributed by atoms with Crippen molar-refractivity contribution in [3.05, 3.63) is 0 Å². The molecule has 0 spiro atoms. The number of rotatable bonds is 5. The molecule has 0 radical (unpaired) electrons. The fraction of sp³-hybridized carbons (Fsp3) is 1.00. The van der Waals surface area contributed by atoms with Gasteiger partial charge in [-0.2, -0.15) is 0 Å². The van der Waals surface area contributed by atoms with Crippen molar-refractivity contribution in [3.8, 4) is 0 Å². The Morgan fingerprint density at radius 3 is 2.33 bits per heavy atom. The van der Waals surface area contributed by atoms with Crippen LogP contribution in [0.5, 0.6) is 0 Å². The lowest BCUT2D eigenvalue weighted by Crippen LogP contribution is -2.41. The zero-order valence-electron chi connectivity index (χ0n) is 11.6. The van der Waals surface area contributed by atoms with E-state index in [0.29, 0.717) is 0 Å². The molecule has 1 heterocycles. The predicted molar refractivity (Wildman–Crippen MR) is 74.5 cm³/mol. The monoisotopic (exact) mass is 248 g/mol. The molecule has 0 aromatic carbocycles. The third kappa shape index (κ3) is 2.75. The molecule has 3 aliphatic carbocycles. The van der Waals surface area contributed by atoms with Crippen LogP contribution in [0.4, 0.5) is 0 Å². The summed E-state index contributed by atoms with van der Waals surface area (Å²) in [6.07, 6.45) is 10.5. The van der Waals surface area contributed by atoms with E-state index in [9.17, 15) is 0 Å². The zero-order chi connectivity index (χ0) is 11.9. The normalized spacial score (nSPS) is 34.8. The van der Waals surface area contributed by atoms with Crippen LogP contribution in [0, 0.1) is 23.7 Å². The van der Waals surface area contributed by atoms with Crippen LogP contribution in [0.15, 0.2) is 0 Å². The van der Waals surface area contributed by atoms with E-state index < -0.39 is 0 Å². The van der Waals surface area contributed by atoms with Gasteiger partial charge in [0.05, 0.1) is 0 Å². The van der Waals surface area contributed by atoms with Crippen molar-refractivity contribution in [2.45, 2.75) is 51.0 Å². The summed E-state index contributed by atoms with van der Waals surface area (Å²) in [5.74, 6) is 4.33. The first-order valence-corrected chi connectivity index (χ1v) is 8.36. The molecule has 3 saturated carbocycles. The highest BCUT2D eigenvalue weighted by Gasteiger charge is 2.42. The molecule has 1 unspecified atom stereocenters. The van der Waals surface area contributed by atoms with E-state index in [0.717, 1.165) is 29.7 Å². The Bertz CT molecular complexity index is 279. The Kier molecular flexibility index (Phi) is 3.12. The summed E-state index contributed by atoms with van der Waals surface area (Å²) in [6, 6.07) is 0.826. The predicted octanol–water partition coefficient (Wildman–Crippen LogP) is 2.50. The molecule has 1 saturated heterocycles. The summed E-state index contributed by atoms with van der Waals surface area (Å²) in [5, 5.41) is 3.79. The van der Waals surface area contributed by atoms with Crippen molar-refractivity contribution in [1.29, 1.82) is 0 Å². The van der Waals surface area contributed by atoms with Gasteiger partial charge in [0.15, 0.2) is 0 Å². The van der Waals surface area contributed by atoms with E-state index in [-0.39, 0.29) is 0 Å². The maximum absolute atomic E-state index is 3.79. The first-order chi connectivity index (χ1) is 8.90. The van der Waals surface area contributed by atoms with Crippen molar-refractivity contribution in [1.82, 2.24) is 10.2 Å². The van der Waals surface area contributed by atoms with E-state index in [1.54, 1.807) is 25.7 Å². The Hall–Kier alpha value is -0.0800. The van der Waals surface area contributed by atoms with Crippen molar-refractivity contribution in [2.75, 3.05) is 26.2 Å². The first-order valence-electron chi connectivity index (χ1n) is 8.36. The van der Waals surface area contributed by atoms with E-state index in [2.05, 4.69) is 10.2 Å². The third-order valence-corrected chi connectivity index (χ3v) is 5.63. The average Bonchev–Trinajstić information content (AvgIpc) is 3.27. The molecule has 18 heavy (non-hydrogen) atoms. The van der Waals surface area contributed by atoms with Gasteiger partial charge in [-0.25, -0.2) is 0 Å². The molecule has 0 amide bonds. The molecule has 2 heteroatoms. The number of hydrogen-bond donors (Lipinski definition) is 1. The largest absolute Gasteiger partial charge is 0.312 e. The lowest BCUT2D eigenvalue weighted by Gasteiger charge is -2.29. The molecule has 1 atom stereocenters. The van der Waals surface area contributed by atoms with Crippen LogP contribution >= 0.6 is 0 Å². The van der Waals surface area contributed by atoms with Crippen LogP contribution in [-0.4, -0.2) is 37.1 Å². The molecule has 4 rings (SSSR count). The van der Waals surface area contributed by atoms with Crippen molar-refractivity contribution in [3.63, 3.8) is 0 Å². The molecule has 102 valence electrons. The SMILES string of the molecule is C1CNC(C2CC2)CN(CC(C2CC2)C2CC2)C1. The second-order valence-corrected chi connectivity index (χ2v) is 7.35. The van der Waals surface area contributed by atoms with Crippen LogP contribution in [0.1, 0.15) is 44.9 Å². The zero-order valence-corrected chi connectivity index (χ0v) is 11.6. The summed E-state index contributed by atoms with van der Waals surface area (Å²) >= 11 is 0. The van der Waals surface area contributed by atoms with E-state index >= 15 is 0 Å². The van der Waals surface area contributed by atoms with Gasteiger partial charge in [0.25, 0.3) is 0 Å². The Labute approximate surface area is 111 Å².